The van der Waals surface area contributed by atoms with E-state index >= 15 is 0 Å². The Morgan fingerprint density at radius 1 is 1.00 bits per heavy atom. The first-order chi connectivity index (χ1) is 5.41. The van der Waals surface area contributed by atoms with Crippen molar-refractivity contribution >= 4 is 6.29 Å². The van der Waals surface area contributed by atoms with Crippen LogP contribution >= 0.6 is 0 Å². The van der Waals surface area contributed by atoms with Gasteiger partial charge in [0.15, 0.2) is 0 Å². The lowest BCUT2D eigenvalue weighted by atomic mass is 10.3. The zero-order valence-electron chi connectivity index (χ0n) is 6.86. The first-order valence-corrected chi connectivity index (χ1v) is 3.83. The monoisotopic (exact) mass is 150 g/mol. The highest BCUT2D eigenvalue weighted by molar-refractivity contribution is 5.64. The standard InChI is InChI=1S/C10H14O/c1-2-3-4-5-6-7-8-9-10-11/h3-6,8-10H,2,7H2,1H3. The highest BCUT2D eigenvalue weighted by Gasteiger charge is 1.68. The SMILES string of the molecule is CCC=CC=CCC=CC=O. The number of carbonyl (C=O) groups excluding carboxylic acids is 1. The average molecular weight is 150 g/mol. The van der Waals surface area contributed by atoms with Gasteiger partial charge in [0.2, 0.25) is 0 Å². The van der Waals surface area contributed by atoms with E-state index in [4.69, 9.17) is 0 Å². The van der Waals surface area contributed by atoms with E-state index in [1.54, 1.807) is 0 Å². The smallest absolute Gasteiger partial charge is 0.142 e. The molecule has 1 heteroatoms. The summed E-state index contributed by atoms with van der Waals surface area (Å²) in [6.07, 6.45) is 14.1. The number of aldehydes is 1. The molecule has 0 fully saturated rings. The van der Waals surface area contributed by atoms with Crippen LogP contribution in [0, 0.1) is 0 Å². The van der Waals surface area contributed by atoms with Gasteiger partial charge in [0.1, 0.15) is 6.29 Å². The van der Waals surface area contributed by atoms with Crippen molar-refractivity contribution in [2.45, 2.75) is 19.8 Å². The summed E-state index contributed by atoms with van der Waals surface area (Å²) in [4.78, 5) is 9.82. The zero-order chi connectivity index (χ0) is 8.36. The molecule has 1 nitrogen and oxygen atoms in total. The Morgan fingerprint density at radius 3 is 2.27 bits per heavy atom. The van der Waals surface area contributed by atoms with Crippen LogP contribution in [-0.4, -0.2) is 6.29 Å². The van der Waals surface area contributed by atoms with Crippen molar-refractivity contribution in [3.05, 3.63) is 36.5 Å². The summed E-state index contributed by atoms with van der Waals surface area (Å²) in [5.41, 5.74) is 0. The molecule has 0 heterocycles. The van der Waals surface area contributed by atoms with Crippen molar-refractivity contribution in [2.75, 3.05) is 0 Å². The highest BCUT2D eigenvalue weighted by Crippen LogP contribution is 1.87. The molecule has 0 saturated heterocycles. The van der Waals surface area contributed by atoms with Gasteiger partial charge >= 0.3 is 0 Å². The van der Waals surface area contributed by atoms with Crippen molar-refractivity contribution in [3.8, 4) is 0 Å². The van der Waals surface area contributed by atoms with Gasteiger partial charge in [-0.2, -0.15) is 0 Å². The minimum Gasteiger partial charge on any atom is -0.299 e. The van der Waals surface area contributed by atoms with Crippen molar-refractivity contribution in [3.63, 3.8) is 0 Å². The topological polar surface area (TPSA) is 17.1 Å². The van der Waals surface area contributed by atoms with Crippen LogP contribution in [0.2, 0.25) is 0 Å². The van der Waals surface area contributed by atoms with Gasteiger partial charge in [-0.15, -0.1) is 0 Å². The highest BCUT2D eigenvalue weighted by atomic mass is 16.1. The summed E-state index contributed by atoms with van der Waals surface area (Å²) in [7, 11) is 0. The van der Waals surface area contributed by atoms with Gasteiger partial charge in [0, 0.05) is 0 Å². The summed E-state index contributed by atoms with van der Waals surface area (Å²) >= 11 is 0. The van der Waals surface area contributed by atoms with E-state index in [2.05, 4.69) is 13.0 Å². The van der Waals surface area contributed by atoms with Gasteiger partial charge in [0.25, 0.3) is 0 Å². The van der Waals surface area contributed by atoms with Crippen LogP contribution in [0.15, 0.2) is 36.5 Å². The quantitative estimate of drug-likeness (QED) is 0.334. The molecule has 0 radical (unpaired) electrons. The van der Waals surface area contributed by atoms with Gasteiger partial charge in [-0.3, -0.25) is 4.79 Å². The summed E-state index contributed by atoms with van der Waals surface area (Å²) in [5, 5.41) is 0. The molecule has 0 aromatic carbocycles. The molecular formula is C10H14O. The molecular weight excluding hydrogens is 136 g/mol. The van der Waals surface area contributed by atoms with E-state index in [0.29, 0.717) is 0 Å². The van der Waals surface area contributed by atoms with Gasteiger partial charge < -0.3 is 0 Å². The average Bonchev–Trinajstić information content (AvgIpc) is 2.03. The fraction of sp³-hybridized carbons (Fsp3) is 0.300. The lowest BCUT2D eigenvalue weighted by Gasteiger charge is -1.77. The predicted molar refractivity (Wildman–Crippen MR) is 48.4 cm³/mol. The second-order valence-corrected chi connectivity index (χ2v) is 2.06. The van der Waals surface area contributed by atoms with Gasteiger partial charge in [-0.05, 0) is 18.9 Å². The molecule has 0 aromatic rings. The largest absolute Gasteiger partial charge is 0.299 e. The maximum absolute atomic E-state index is 9.82. The third-order valence-electron chi connectivity index (χ3n) is 1.11. The van der Waals surface area contributed by atoms with Crippen LogP contribution in [0.1, 0.15) is 19.8 Å². The van der Waals surface area contributed by atoms with E-state index in [1.165, 1.54) is 6.08 Å². The molecule has 0 bridgehead atoms. The molecule has 0 atom stereocenters. The number of carbonyl (C=O) groups is 1. The molecule has 0 aliphatic carbocycles. The summed E-state index contributed by atoms with van der Waals surface area (Å²) in [6, 6.07) is 0. The Hall–Kier alpha value is -1.11. The van der Waals surface area contributed by atoms with E-state index in [9.17, 15) is 4.79 Å². The van der Waals surface area contributed by atoms with Crippen LogP contribution in [0.25, 0.3) is 0 Å². The second-order valence-electron chi connectivity index (χ2n) is 2.06. The number of hydrogen-bond donors (Lipinski definition) is 0. The normalized spacial score (nSPS) is 12.1. The lowest BCUT2D eigenvalue weighted by Crippen LogP contribution is -1.60. The van der Waals surface area contributed by atoms with Crippen LogP contribution in [0.3, 0.4) is 0 Å². The molecule has 60 valence electrons. The zero-order valence-corrected chi connectivity index (χ0v) is 6.86. The molecule has 0 aliphatic rings. The fourth-order valence-electron chi connectivity index (χ4n) is 0.584. The molecule has 11 heavy (non-hydrogen) atoms. The van der Waals surface area contributed by atoms with Crippen LogP contribution in [0.4, 0.5) is 0 Å². The van der Waals surface area contributed by atoms with E-state index < -0.39 is 0 Å². The first-order valence-electron chi connectivity index (χ1n) is 3.83. The Morgan fingerprint density at radius 2 is 1.64 bits per heavy atom. The molecule has 0 aromatic heterocycles. The van der Waals surface area contributed by atoms with Crippen molar-refractivity contribution in [1.82, 2.24) is 0 Å². The molecule has 0 N–H and O–H groups in total. The third-order valence-corrected chi connectivity index (χ3v) is 1.11. The van der Waals surface area contributed by atoms with E-state index in [-0.39, 0.29) is 0 Å². The molecule has 0 unspecified atom stereocenters. The van der Waals surface area contributed by atoms with Gasteiger partial charge in [0.05, 0.1) is 0 Å². The Balaban J connectivity index is 3.36. The van der Waals surface area contributed by atoms with E-state index in [0.717, 1.165) is 19.1 Å². The second kappa shape index (κ2) is 8.89. The third kappa shape index (κ3) is 8.89. The Labute approximate surface area is 68.1 Å². The predicted octanol–water partition coefficient (Wildman–Crippen LogP) is 2.65. The summed E-state index contributed by atoms with van der Waals surface area (Å²) in [5.74, 6) is 0. The Kier molecular flexibility index (Phi) is 7.99. The molecule has 0 aliphatic heterocycles. The van der Waals surface area contributed by atoms with Crippen molar-refractivity contribution in [2.24, 2.45) is 0 Å². The van der Waals surface area contributed by atoms with Gasteiger partial charge in [-0.1, -0.05) is 37.3 Å². The lowest BCUT2D eigenvalue weighted by molar-refractivity contribution is -0.104. The minimum atomic E-state index is 0.787. The minimum absolute atomic E-state index is 0.787. The fourth-order valence-corrected chi connectivity index (χ4v) is 0.584. The molecule has 0 spiro atoms. The van der Waals surface area contributed by atoms with Crippen LogP contribution in [0.5, 0.6) is 0 Å². The van der Waals surface area contributed by atoms with Crippen LogP contribution in [-0.2, 0) is 4.79 Å². The number of allylic oxidation sites excluding steroid dienone is 6. The maximum Gasteiger partial charge on any atom is 0.142 e. The molecule has 0 saturated carbocycles. The molecule has 0 amide bonds. The first kappa shape index (κ1) is 9.89. The van der Waals surface area contributed by atoms with Crippen LogP contribution < -0.4 is 0 Å². The summed E-state index contributed by atoms with van der Waals surface area (Å²) in [6.45, 7) is 2.09. The number of hydrogen-bond acceptors (Lipinski definition) is 1. The van der Waals surface area contributed by atoms with Gasteiger partial charge in [-0.25, -0.2) is 0 Å². The van der Waals surface area contributed by atoms with Crippen molar-refractivity contribution < 1.29 is 4.79 Å². The Bertz CT molecular complexity index is 164. The summed E-state index contributed by atoms with van der Waals surface area (Å²) < 4.78 is 0. The molecule has 0 rings (SSSR count). The van der Waals surface area contributed by atoms with E-state index in [1.807, 2.05) is 24.3 Å². The number of rotatable bonds is 5. The van der Waals surface area contributed by atoms with Crippen molar-refractivity contribution in [1.29, 1.82) is 0 Å². The maximum atomic E-state index is 9.82.